The Balaban J connectivity index is 1.49. The zero-order chi connectivity index (χ0) is 28.4. The number of hydrogen-bond acceptors (Lipinski definition) is 3. The van der Waals surface area contributed by atoms with E-state index in [1.54, 1.807) is 0 Å². The van der Waals surface area contributed by atoms with Crippen molar-refractivity contribution in [2.24, 2.45) is 0 Å². The van der Waals surface area contributed by atoms with Gasteiger partial charge in [-0.2, -0.15) is 0 Å². The third-order valence-electron chi connectivity index (χ3n) is 7.90. The molecule has 5 rings (SSSR count). The summed E-state index contributed by atoms with van der Waals surface area (Å²) in [6.07, 6.45) is 3.00. The highest BCUT2D eigenvalue weighted by molar-refractivity contribution is 7.80. The van der Waals surface area contributed by atoms with E-state index in [2.05, 4.69) is 90.0 Å². The first kappa shape index (κ1) is 27.6. The standard InChI is InChI=1S/C33H37N5OS/c1-6-25-14-7-8-15-27(25)35-29(39)17-19-37-32(30(36-33(37)40)28-16-9-10-18-34-28)26-20-23(4)38(24(26)5)31-21(2)12-11-13-22(31)3/h7-16,18,20,30,32H,6,17,19H2,1-5H3,(H,35,39)(H,36,40). The van der Waals surface area contributed by atoms with Crippen LogP contribution in [0.1, 0.15) is 64.8 Å². The molecule has 1 aliphatic heterocycles. The van der Waals surface area contributed by atoms with Gasteiger partial charge in [0.05, 0.1) is 23.5 Å². The molecule has 2 unspecified atom stereocenters. The number of nitrogens with zero attached hydrogens (tertiary/aromatic N) is 3. The summed E-state index contributed by atoms with van der Waals surface area (Å²) in [4.78, 5) is 20.0. The fraction of sp³-hybridized carbons (Fsp3) is 0.303. The fourth-order valence-electron chi connectivity index (χ4n) is 5.96. The second-order valence-corrected chi connectivity index (χ2v) is 10.9. The smallest absolute Gasteiger partial charge is 0.226 e. The molecule has 2 N–H and O–H groups in total. The number of anilines is 1. The maximum absolute atomic E-state index is 13.1. The molecular weight excluding hydrogens is 514 g/mol. The van der Waals surface area contributed by atoms with E-state index < -0.39 is 0 Å². The van der Waals surface area contributed by atoms with Crippen LogP contribution in [0.3, 0.4) is 0 Å². The second kappa shape index (κ2) is 11.6. The Labute approximate surface area is 242 Å². The van der Waals surface area contributed by atoms with Crippen molar-refractivity contribution >= 4 is 28.9 Å². The van der Waals surface area contributed by atoms with Crippen LogP contribution in [0.25, 0.3) is 5.69 Å². The Bertz CT molecular complexity index is 1520. The number of carbonyl (C=O) groups excluding carboxylic acids is 1. The van der Waals surface area contributed by atoms with Crippen molar-refractivity contribution in [2.45, 2.75) is 59.5 Å². The van der Waals surface area contributed by atoms with Crippen LogP contribution in [0.5, 0.6) is 0 Å². The molecule has 0 saturated carbocycles. The van der Waals surface area contributed by atoms with E-state index >= 15 is 0 Å². The van der Waals surface area contributed by atoms with Crippen LogP contribution < -0.4 is 10.6 Å². The molecule has 0 bridgehead atoms. The van der Waals surface area contributed by atoms with Gasteiger partial charge in [0, 0.05) is 36.2 Å². The summed E-state index contributed by atoms with van der Waals surface area (Å²) in [7, 11) is 0. The predicted octanol–water partition coefficient (Wildman–Crippen LogP) is 6.67. The highest BCUT2D eigenvalue weighted by Gasteiger charge is 2.41. The number of nitrogens with one attached hydrogen (secondary N) is 2. The predicted molar refractivity (Wildman–Crippen MR) is 166 cm³/mol. The van der Waals surface area contributed by atoms with Gasteiger partial charge in [-0.1, -0.05) is 49.4 Å². The fourth-order valence-corrected chi connectivity index (χ4v) is 6.29. The number of aryl methyl sites for hydroxylation is 4. The Hall–Kier alpha value is -3.97. The molecular formula is C33H37N5OS. The van der Waals surface area contributed by atoms with Crippen LogP contribution in [0, 0.1) is 27.7 Å². The van der Waals surface area contributed by atoms with Crippen LogP contribution in [-0.2, 0) is 11.2 Å². The van der Waals surface area contributed by atoms with Crippen molar-refractivity contribution in [3.63, 3.8) is 0 Å². The zero-order valence-corrected chi connectivity index (χ0v) is 24.7. The number of amides is 1. The molecule has 2 aromatic carbocycles. The van der Waals surface area contributed by atoms with Crippen molar-refractivity contribution in [1.82, 2.24) is 19.8 Å². The van der Waals surface area contributed by atoms with Crippen LogP contribution in [0.4, 0.5) is 5.69 Å². The maximum atomic E-state index is 13.1. The van der Waals surface area contributed by atoms with E-state index in [9.17, 15) is 4.79 Å². The van der Waals surface area contributed by atoms with E-state index in [4.69, 9.17) is 12.2 Å². The molecule has 0 spiro atoms. The number of carbonyl (C=O) groups is 1. The van der Waals surface area contributed by atoms with Crippen molar-refractivity contribution in [3.05, 3.63) is 112 Å². The summed E-state index contributed by atoms with van der Waals surface area (Å²) < 4.78 is 2.35. The monoisotopic (exact) mass is 551 g/mol. The number of para-hydroxylation sites is 2. The summed E-state index contributed by atoms with van der Waals surface area (Å²) in [5.41, 5.74) is 10.1. The topological polar surface area (TPSA) is 62.2 Å². The van der Waals surface area contributed by atoms with E-state index in [-0.39, 0.29) is 18.0 Å². The summed E-state index contributed by atoms with van der Waals surface area (Å²) >= 11 is 5.88. The van der Waals surface area contributed by atoms with Gasteiger partial charge in [0.25, 0.3) is 0 Å². The minimum absolute atomic E-state index is 0.0234. The molecule has 3 heterocycles. The van der Waals surface area contributed by atoms with Crippen LogP contribution in [-0.4, -0.2) is 32.0 Å². The van der Waals surface area contributed by atoms with E-state index in [1.165, 1.54) is 28.1 Å². The SMILES string of the molecule is CCc1ccccc1NC(=O)CCN1C(=S)NC(c2ccccn2)C1c1cc(C)n(-c2c(C)cccc2C)c1C. The lowest BCUT2D eigenvalue weighted by Crippen LogP contribution is -2.33. The zero-order valence-electron chi connectivity index (χ0n) is 23.9. The minimum Gasteiger partial charge on any atom is -0.352 e. The third kappa shape index (κ3) is 5.26. The molecule has 206 valence electrons. The van der Waals surface area contributed by atoms with Gasteiger partial charge >= 0.3 is 0 Å². The van der Waals surface area contributed by atoms with Crippen molar-refractivity contribution < 1.29 is 4.79 Å². The second-order valence-electron chi connectivity index (χ2n) is 10.5. The number of pyridine rings is 1. The molecule has 2 aromatic heterocycles. The van der Waals surface area contributed by atoms with Gasteiger partial charge in [0.1, 0.15) is 0 Å². The van der Waals surface area contributed by atoms with Gasteiger partial charge < -0.3 is 20.1 Å². The molecule has 4 aromatic rings. The molecule has 40 heavy (non-hydrogen) atoms. The number of rotatable bonds is 8. The first-order valence-electron chi connectivity index (χ1n) is 13.9. The molecule has 1 saturated heterocycles. The lowest BCUT2D eigenvalue weighted by Gasteiger charge is -2.28. The van der Waals surface area contributed by atoms with Crippen molar-refractivity contribution in [2.75, 3.05) is 11.9 Å². The molecule has 1 amide bonds. The molecule has 1 aliphatic rings. The van der Waals surface area contributed by atoms with E-state index in [1.807, 2.05) is 42.6 Å². The minimum atomic E-state index is -0.135. The lowest BCUT2D eigenvalue weighted by atomic mass is 9.96. The Morgan fingerprint density at radius 3 is 2.42 bits per heavy atom. The highest BCUT2D eigenvalue weighted by Crippen LogP contribution is 2.42. The number of benzene rings is 2. The number of thiocarbonyl (C=S) groups is 1. The summed E-state index contributed by atoms with van der Waals surface area (Å²) in [5, 5.41) is 7.28. The van der Waals surface area contributed by atoms with Gasteiger partial charge in [-0.25, -0.2) is 0 Å². The van der Waals surface area contributed by atoms with Crippen LogP contribution in [0.2, 0.25) is 0 Å². The van der Waals surface area contributed by atoms with E-state index in [0.29, 0.717) is 18.1 Å². The van der Waals surface area contributed by atoms with Gasteiger partial charge in [-0.05, 0) is 92.9 Å². The first-order chi connectivity index (χ1) is 19.3. The maximum Gasteiger partial charge on any atom is 0.226 e. The van der Waals surface area contributed by atoms with E-state index in [0.717, 1.165) is 29.1 Å². The molecule has 6 nitrogen and oxygen atoms in total. The normalized spacial score (nSPS) is 16.7. The van der Waals surface area contributed by atoms with Gasteiger partial charge in [-0.15, -0.1) is 0 Å². The summed E-state index contributed by atoms with van der Waals surface area (Å²) in [6, 6.07) is 22.4. The highest BCUT2D eigenvalue weighted by atomic mass is 32.1. The van der Waals surface area contributed by atoms with Crippen molar-refractivity contribution in [1.29, 1.82) is 0 Å². The third-order valence-corrected chi connectivity index (χ3v) is 8.25. The molecule has 2 atom stereocenters. The largest absolute Gasteiger partial charge is 0.352 e. The summed E-state index contributed by atoms with van der Waals surface area (Å²) in [5.74, 6) is -0.0234. The van der Waals surface area contributed by atoms with Gasteiger partial charge in [0.15, 0.2) is 5.11 Å². The average Bonchev–Trinajstić information content (AvgIpc) is 3.43. The summed E-state index contributed by atoms with van der Waals surface area (Å²) in [6.45, 7) is 11.2. The van der Waals surface area contributed by atoms with Crippen molar-refractivity contribution in [3.8, 4) is 5.69 Å². The number of aromatic nitrogens is 2. The van der Waals surface area contributed by atoms with Crippen LogP contribution in [0.15, 0.2) is 72.9 Å². The Kier molecular flexibility index (Phi) is 8.03. The average molecular weight is 552 g/mol. The van der Waals surface area contributed by atoms with Gasteiger partial charge in [-0.3, -0.25) is 9.78 Å². The molecule has 1 fully saturated rings. The molecule has 0 aliphatic carbocycles. The first-order valence-corrected chi connectivity index (χ1v) is 14.3. The quantitative estimate of drug-likeness (QED) is 0.240. The Morgan fingerprint density at radius 2 is 1.73 bits per heavy atom. The number of hydrogen-bond donors (Lipinski definition) is 2. The molecule has 7 heteroatoms. The van der Waals surface area contributed by atoms with Crippen LogP contribution >= 0.6 is 12.2 Å². The van der Waals surface area contributed by atoms with Gasteiger partial charge in [0.2, 0.25) is 5.91 Å². The Morgan fingerprint density at radius 1 is 1.00 bits per heavy atom. The lowest BCUT2D eigenvalue weighted by molar-refractivity contribution is -0.116. The molecule has 0 radical (unpaired) electrons.